The van der Waals surface area contributed by atoms with Crippen LogP contribution in [0, 0.1) is 0 Å². The molecule has 0 N–H and O–H groups in total. The molecule has 0 aliphatic carbocycles. The zero-order valence-corrected chi connectivity index (χ0v) is 16.4. The standard InChI is InChI=1S/C20H18N6O2S/c27-17(12-26-13-22-15-5-2-1-4-14(15)19(26)28)24-8-10-25(11-9-24)20-23-16-6-3-7-21-18(16)29-20/h1-7,13H,8-12H2. The van der Waals surface area contributed by atoms with Crippen molar-refractivity contribution in [1.82, 2.24) is 24.4 Å². The Bertz CT molecular complexity index is 1230. The van der Waals surface area contributed by atoms with Gasteiger partial charge in [-0.25, -0.2) is 15.0 Å². The van der Waals surface area contributed by atoms with Gasteiger partial charge in [0.2, 0.25) is 5.91 Å². The van der Waals surface area contributed by atoms with Crippen molar-refractivity contribution >= 4 is 43.6 Å². The van der Waals surface area contributed by atoms with Crippen LogP contribution in [0.2, 0.25) is 0 Å². The Morgan fingerprint density at radius 1 is 1.00 bits per heavy atom. The molecule has 29 heavy (non-hydrogen) atoms. The lowest BCUT2D eigenvalue weighted by Crippen LogP contribution is -2.50. The van der Waals surface area contributed by atoms with Crippen LogP contribution in [0.25, 0.3) is 21.3 Å². The Morgan fingerprint density at radius 2 is 1.79 bits per heavy atom. The van der Waals surface area contributed by atoms with Gasteiger partial charge < -0.3 is 9.80 Å². The quantitative estimate of drug-likeness (QED) is 0.515. The summed E-state index contributed by atoms with van der Waals surface area (Å²) in [5, 5.41) is 1.46. The number of amides is 1. The Balaban J connectivity index is 1.27. The molecule has 1 fully saturated rings. The van der Waals surface area contributed by atoms with Crippen LogP contribution in [0.4, 0.5) is 5.13 Å². The van der Waals surface area contributed by atoms with Gasteiger partial charge in [-0.1, -0.05) is 23.5 Å². The summed E-state index contributed by atoms with van der Waals surface area (Å²) in [6.45, 7) is 2.60. The number of fused-ring (bicyclic) bond motifs is 2. The number of carbonyl (C=O) groups is 1. The number of benzene rings is 1. The second-order valence-electron chi connectivity index (χ2n) is 6.89. The summed E-state index contributed by atoms with van der Waals surface area (Å²) in [5.41, 5.74) is 1.35. The molecule has 1 saturated heterocycles. The highest BCUT2D eigenvalue weighted by molar-refractivity contribution is 7.21. The van der Waals surface area contributed by atoms with Crippen LogP contribution in [-0.2, 0) is 11.3 Å². The molecule has 4 aromatic rings. The molecule has 5 rings (SSSR count). The molecule has 1 amide bonds. The highest BCUT2D eigenvalue weighted by Crippen LogP contribution is 2.27. The summed E-state index contributed by atoms with van der Waals surface area (Å²) in [7, 11) is 0. The lowest BCUT2D eigenvalue weighted by molar-refractivity contribution is -0.132. The average Bonchev–Trinajstić information content (AvgIpc) is 3.20. The first-order valence-corrected chi connectivity index (χ1v) is 10.2. The molecule has 1 aliphatic rings. The fraction of sp³-hybridized carbons (Fsp3) is 0.250. The number of thiazole rings is 1. The number of para-hydroxylation sites is 1. The Kier molecular flexibility index (Phi) is 4.44. The maximum absolute atomic E-state index is 12.7. The molecule has 3 aromatic heterocycles. The van der Waals surface area contributed by atoms with E-state index in [2.05, 4.69) is 19.9 Å². The van der Waals surface area contributed by atoms with Crippen molar-refractivity contribution < 1.29 is 4.79 Å². The van der Waals surface area contributed by atoms with Crippen LogP contribution in [0.15, 0.2) is 53.7 Å². The molecular weight excluding hydrogens is 388 g/mol. The normalized spacial score (nSPS) is 14.6. The van der Waals surface area contributed by atoms with E-state index in [9.17, 15) is 9.59 Å². The van der Waals surface area contributed by atoms with Gasteiger partial charge in [-0.3, -0.25) is 14.2 Å². The van der Waals surface area contributed by atoms with Gasteiger partial charge in [0.1, 0.15) is 16.9 Å². The second kappa shape index (κ2) is 7.25. The molecule has 1 aromatic carbocycles. The largest absolute Gasteiger partial charge is 0.344 e. The van der Waals surface area contributed by atoms with Crippen LogP contribution in [0.3, 0.4) is 0 Å². The fourth-order valence-electron chi connectivity index (χ4n) is 3.51. The minimum Gasteiger partial charge on any atom is -0.344 e. The highest BCUT2D eigenvalue weighted by Gasteiger charge is 2.23. The van der Waals surface area contributed by atoms with Crippen molar-refractivity contribution in [3.05, 3.63) is 59.3 Å². The van der Waals surface area contributed by atoms with E-state index in [1.54, 1.807) is 40.6 Å². The Morgan fingerprint density at radius 3 is 2.62 bits per heavy atom. The molecule has 0 atom stereocenters. The minimum absolute atomic E-state index is 0.00171. The smallest absolute Gasteiger partial charge is 0.261 e. The van der Waals surface area contributed by atoms with E-state index in [0.29, 0.717) is 37.1 Å². The number of pyridine rings is 1. The summed E-state index contributed by atoms with van der Waals surface area (Å²) in [5.74, 6) is -0.0743. The van der Waals surface area contributed by atoms with Crippen LogP contribution in [0.5, 0.6) is 0 Å². The lowest BCUT2D eigenvalue weighted by Gasteiger charge is -2.34. The van der Waals surface area contributed by atoms with Crippen LogP contribution in [-0.4, -0.2) is 56.5 Å². The van der Waals surface area contributed by atoms with Crippen molar-refractivity contribution in [1.29, 1.82) is 0 Å². The summed E-state index contributed by atoms with van der Waals surface area (Å²) in [6.07, 6.45) is 3.22. The van der Waals surface area contributed by atoms with Gasteiger partial charge in [0.05, 0.1) is 17.2 Å². The van der Waals surface area contributed by atoms with Gasteiger partial charge >= 0.3 is 0 Å². The maximum Gasteiger partial charge on any atom is 0.261 e. The topological polar surface area (TPSA) is 84.2 Å². The molecule has 0 spiro atoms. The van der Waals surface area contributed by atoms with E-state index in [-0.39, 0.29) is 18.0 Å². The maximum atomic E-state index is 12.7. The van der Waals surface area contributed by atoms with E-state index in [1.807, 2.05) is 18.2 Å². The number of hydrogen-bond donors (Lipinski definition) is 0. The molecule has 0 radical (unpaired) electrons. The number of anilines is 1. The van der Waals surface area contributed by atoms with Crippen molar-refractivity contribution in [3.63, 3.8) is 0 Å². The van der Waals surface area contributed by atoms with E-state index < -0.39 is 0 Å². The third-order valence-electron chi connectivity index (χ3n) is 5.10. The van der Waals surface area contributed by atoms with E-state index in [1.165, 1.54) is 10.9 Å². The van der Waals surface area contributed by atoms with E-state index >= 15 is 0 Å². The molecule has 0 bridgehead atoms. The van der Waals surface area contributed by atoms with Crippen molar-refractivity contribution in [2.24, 2.45) is 0 Å². The minimum atomic E-state index is -0.190. The molecule has 1 aliphatic heterocycles. The first-order valence-electron chi connectivity index (χ1n) is 9.37. The third kappa shape index (κ3) is 3.33. The van der Waals surface area contributed by atoms with Crippen molar-refractivity contribution in [2.75, 3.05) is 31.1 Å². The van der Waals surface area contributed by atoms with Crippen LogP contribution < -0.4 is 10.5 Å². The van der Waals surface area contributed by atoms with Crippen molar-refractivity contribution in [3.8, 4) is 0 Å². The van der Waals surface area contributed by atoms with Gasteiger partial charge in [0.15, 0.2) is 5.13 Å². The predicted octanol–water partition coefficient (Wildman–Crippen LogP) is 1.75. The molecule has 0 saturated carbocycles. The van der Waals surface area contributed by atoms with Gasteiger partial charge in [0.25, 0.3) is 5.56 Å². The molecule has 9 heteroatoms. The van der Waals surface area contributed by atoms with Gasteiger partial charge in [-0.2, -0.15) is 0 Å². The zero-order chi connectivity index (χ0) is 19.8. The van der Waals surface area contributed by atoms with E-state index in [0.717, 1.165) is 15.5 Å². The predicted molar refractivity (Wildman–Crippen MR) is 112 cm³/mol. The summed E-state index contributed by atoms with van der Waals surface area (Å²) < 4.78 is 1.39. The molecular formula is C20H18N6O2S. The third-order valence-corrected chi connectivity index (χ3v) is 6.14. The Hall–Kier alpha value is -3.33. The van der Waals surface area contributed by atoms with E-state index in [4.69, 9.17) is 0 Å². The fourth-order valence-corrected chi connectivity index (χ4v) is 4.47. The SMILES string of the molecule is O=C(Cn1cnc2ccccc2c1=O)N1CCN(c2nc3cccnc3s2)CC1. The van der Waals surface area contributed by atoms with Gasteiger partial charge in [0, 0.05) is 32.4 Å². The molecule has 4 heterocycles. The lowest BCUT2D eigenvalue weighted by atomic mass is 10.2. The second-order valence-corrected chi connectivity index (χ2v) is 7.84. The number of carbonyl (C=O) groups excluding carboxylic acids is 1. The van der Waals surface area contributed by atoms with Crippen molar-refractivity contribution in [2.45, 2.75) is 6.54 Å². The first-order chi connectivity index (χ1) is 14.2. The van der Waals surface area contributed by atoms with Gasteiger partial charge in [-0.15, -0.1) is 0 Å². The number of hydrogen-bond acceptors (Lipinski definition) is 7. The first kappa shape index (κ1) is 17.7. The average molecular weight is 406 g/mol. The molecule has 8 nitrogen and oxygen atoms in total. The monoisotopic (exact) mass is 406 g/mol. The molecule has 0 unspecified atom stereocenters. The summed E-state index contributed by atoms with van der Waals surface area (Å²) in [6, 6.07) is 11.0. The van der Waals surface area contributed by atoms with Crippen LogP contribution >= 0.6 is 11.3 Å². The van der Waals surface area contributed by atoms with Gasteiger partial charge in [-0.05, 0) is 24.3 Å². The van der Waals surface area contributed by atoms with Crippen LogP contribution in [0.1, 0.15) is 0 Å². The highest BCUT2D eigenvalue weighted by atomic mass is 32.1. The number of aromatic nitrogens is 4. The summed E-state index contributed by atoms with van der Waals surface area (Å²) >= 11 is 1.57. The number of nitrogens with zero attached hydrogens (tertiary/aromatic N) is 6. The number of piperazine rings is 1. The molecule has 146 valence electrons. The zero-order valence-electron chi connectivity index (χ0n) is 15.6. The summed E-state index contributed by atoms with van der Waals surface area (Å²) in [4.78, 5) is 43.5. The number of rotatable bonds is 3. The Labute approximate surface area is 170 Å².